The highest BCUT2D eigenvalue weighted by Gasteiger charge is 1.69. The van der Waals surface area contributed by atoms with Crippen molar-refractivity contribution in [2.75, 3.05) is 5.33 Å². The summed E-state index contributed by atoms with van der Waals surface area (Å²) in [4.78, 5) is 0. The fourth-order valence-corrected chi connectivity index (χ4v) is 0.492. The summed E-state index contributed by atoms with van der Waals surface area (Å²) in [7, 11) is 0. The molecule has 0 bridgehead atoms. The molecule has 0 aliphatic heterocycles. The third-order valence-electron chi connectivity index (χ3n) is 0.623. The average molecular weight is 187 g/mol. The molecule has 0 aromatic carbocycles. The van der Waals surface area contributed by atoms with Crippen molar-refractivity contribution in [1.29, 1.82) is 0 Å². The molecule has 0 saturated carbocycles. The predicted octanol–water partition coefficient (Wildman–Crippen LogP) is 2.19. The van der Waals surface area contributed by atoms with Gasteiger partial charge in [0.2, 0.25) is 0 Å². The van der Waals surface area contributed by atoms with Crippen molar-refractivity contribution in [3.63, 3.8) is 0 Å². The molecular weight excluding hydrogens is 176 g/mol. The van der Waals surface area contributed by atoms with E-state index < -0.39 is 6.88 Å². The van der Waals surface area contributed by atoms with Crippen molar-refractivity contribution >= 4 is 15.9 Å². The predicted molar refractivity (Wildman–Crippen MR) is 44.3 cm³/mol. The maximum Gasteiger partial charge on any atom is 0.0702 e. The number of halogens is 1. The summed E-state index contributed by atoms with van der Waals surface area (Å²) >= 11 is 3.24. The normalized spacial score (nSPS) is 10.0. The highest BCUT2D eigenvalue weighted by atomic mass is 79.9. The van der Waals surface area contributed by atoms with Gasteiger partial charge in [0.25, 0.3) is 0 Å². The third kappa shape index (κ3) is 7.60. The largest absolute Gasteiger partial charge is 0.106 e. The van der Waals surface area contributed by atoms with E-state index in [1.54, 1.807) is 0 Å². The van der Waals surface area contributed by atoms with Crippen molar-refractivity contribution in [2.24, 2.45) is 0 Å². The van der Waals surface area contributed by atoms with Crippen LogP contribution in [0.1, 0.15) is 22.5 Å². The van der Waals surface area contributed by atoms with Gasteiger partial charge in [-0.25, -0.2) is 0 Å². The zero-order chi connectivity index (χ0) is 8.53. The van der Waals surface area contributed by atoms with Crippen molar-refractivity contribution in [1.82, 2.24) is 0 Å². The molecule has 0 heterocycles. The number of alkyl halides is 1. The highest BCUT2D eigenvalue weighted by molar-refractivity contribution is 9.09. The number of hydrogen-bond acceptors (Lipinski definition) is 0. The van der Waals surface area contributed by atoms with Gasteiger partial charge in [-0.3, -0.25) is 0 Å². The molecule has 0 unspecified atom stereocenters. The quantitative estimate of drug-likeness (QED) is 0.436. The zero-order valence-electron chi connectivity index (χ0n) is 7.08. The SMILES string of the molecule is [2H]C([2H])C#CCC#CCCBr. The van der Waals surface area contributed by atoms with E-state index in [1.165, 1.54) is 0 Å². The Hall–Kier alpha value is -0.400. The van der Waals surface area contributed by atoms with Gasteiger partial charge in [-0.05, 0) is 6.88 Å². The molecule has 48 valence electrons. The second kappa shape index (κ2) is 7.60. The maximum atomic E-state index is 6.73. The average Bonchev–Trinajstić information content (AvgIpc) is 1.96. The van der Waals surface area contributed by atoms with E-state index >= 15 is 0 Å². The zero-order valence-corrected chi connectivity index (χ0v) is 6.66. The second-order valence-electron chi connectivity index (χ2n) is 1.29. The van der Waals surface area contributed by atoms with Crippen LogP contribution in [0.4, 0.5) is 0 Å². The lowest BCUT2D eigenvalue weighted by Gasteiger charge is -1.73. The molecule has 0 spiro atoms. The van der Waals surface area contributed by atoms with Crippen LogP contribution in [0, 0.1) is 23.7 Å². The Labute approximate surface area is 68.0 Å². The van der Waals surface area contributed by atoms with Crippen LogP contribution in [0.2, 0.25) is 0 Å². The summed E-state index contributed by atoms with van der Waals surface area (Å²) in [6.07, 6.45) is 1.30. The van der Waals surface area contributed by atoms with Gasteiger partial charge in [0.05, 0.1) is 6.42 Å². The summed E-state index contributed by atoms with van der Waals surface area (Å²) in [5.74, 6) is 10.7. The molecule has 0 atom stereocenters. The van der Waals surface area contributed by atoms with E-state index in [-0.39, 0.29) is 0 Å². The Balaban J connectivity index is 3.44. The van der Waals surface area contributed by atoms with Crippen molar-refractivity contribution in [3.05, 3.63) is 0 Å². The van der Waals surface area contributed by atoms with Gasteiger partial charge >= 0.3 is 0 Å². The molecule has 0 rings (SSSR count). The summed E-state index contributed by atoms with van der Waals surface area (Å²) in [6, 6.07) is 0. The summed E-state index contributed by atoms with van der Waals surface area (Å²) in [5, 5.41) is 0.882. The molecule has 0 saturated heterocycles. The number of hydrogen-bond donors (Lipinski definition) is 0. The molecule has 0 amide bonds. The lowest BCUT2D eigenvalue weighted by Crippen LogP contribution is -1.65. The van der Waals surface area contributed by atoms with Crippen LogP contribution in [0.5, 0.6) is 0 Å². The van der Waals surface area contributed by atoms with Gasteiger partial charge in [-0.1, -0.05) is 27.8 Å². The molecule has 0 radical (unpaired) electrons. The second-order valence-corrected chi connectivity index (χ2v) is 2.08. The lowest BCUT2D eigenvalue weighted by atomic mass is 10.4. The lowest BCUT2D eigenvalue weighted by molar-refractivity contribution is 1.31. The summed E-state index contributed by atoms with van der Waals surface area (Å²) in [5.41, 5.74) is 0. The van der Waals surface area contributed by atoms with Crippen molar-refractivity contribution in [2.45, 2.75) is 19.7 Å². The molecule has 0 aliphatic rings. The Kier molecular flexibility index (Phi) is 4.55. The van der Waals surface area contributed by atoms with Gasteiger partial charge < -0.3 is 0 Å². The van der Waals surface area contributed by atoms with Crippen LogP contribution < -0.4 is 0 Å². The van der Waals surface area contributed by atoms with Crippen molar-refractivity contribution < 1.29 is 2.74 Å². The minimum absolute atomic E-state index is 0.473. The maximum absolute atomic E-state index is 6.73. The Morgan fingerprint density at radius 2 is 2.33 bits per heavy atom. The molecule has 0 aromatic heterocycles. The molecule has 0 fully saturated rings. The molecule has 9 heavy (non-hydrogen) atoms. The monoisotopic (exact) mass is 186 g/mol. The standard InChI is InChI=1S/C8H9Br/c1-2-3-4-5-6-7-8-9/h4,7-8H2,1H3/i1D2. The highest BCUT2D eigenvalue weighted by Crippen LogP contribution is 1.83. The smallest absolute Gasteiger partial charge is 0.0702 e. The minimum Gasteiger partial charge on any atom is -0.106 e. The summed E-state index contributed by atoms with van der Waals surface area (Å²) in [6.45, 7) is -1.03. The van der Waals surface area contributed by atoms with Gasteiger partial charge in [0.15, 0.2) is 0 Å². The van der Waals surface area contributed by atoms with E-state index in [0.717, 1.165) is 11.8 Å². The Morgan fingerprint density at radius 3 is 3.00 bits per heavy atom. The Bertz CT molecular complexity index is 202. The van der Waals surface area contributed by atoms with E-state index in [9.17, 15) is 0 Å². The molecular formula is C8H9Br. The van der Waals surface area contributed by atoms with Crippen LogP contribution in [0.25, 0.3) is 0 Å². The summed E-state index contributed by atoms with van der Waals surface area (Å²) < 4.78 is 13.5. The first-order chi connectivity index (χ1) is 5.27. The first kappa shape index (κ1) is 5.39. The topological polar surface area (TPSA) is 0 Å². The first-order valence-electron chi connectivity index (χ1n) is 3.77. The first-order valence-corrected chi connectivity index (χ1v) is 3.74. The molecule has 0 aliphatic carbocycles. The number of rotatable bonds is 1. The van der Waals surface area contributed by atoms with Gasteiger partial charge in [-0.2, -0.15) is 0 Å². The van der Waals surface area contributed by atoms with E-state index in [1.807, 2.05) is 0 Å². The minimum atomic E-state index is -1.03. The van der Waals surface area contributed by atoms with Crippen LogP contribution >= 0.6 is 15.9 Å². The van der Waals surface area contributed by atoms with E-state index in [4.69, 9.17) is 2.74 Å². The van der Waals surface area contributed by atoms with Gasteiger partial charge in [0, 0.05) is 14.5 Å². The molecule has 1 heteroatoms. The van der Waals surface area contributed by atoms with Crippen molar-refractivity contribution in [3.8, 4) is 23.7 Å². The van der Waals surface area contributed by atoms with Crippen LogP contribution in [-0.2, 0) is 0 Å². The third-order valence-corrected chi connectivity index (χ3v) is 1.02. The van der Waals surface area contributed by atoms with Crippen LogP contribution in [0.3, 0.4) is 0 Å². The molecule has 0 aromatic rings. The van der Waals surface area contributed by atoms with Crippen LogP contribution in [0.15, 0.2) is 0 Å². The van der Waals surface area contributed by atoms with E-state index in [2.05, 4.69) is 39.6 Å². The van der Waals surface area contributed by atoms with Gasteiger partial charge in [-0.15, -0.1) is 11.8 Å². The van der Waals surface area contributed by atoms with Crippen LogP contribution in [-0.4, -0.2) is 5.33 Å². The fraction of sp³-hybridized carbons (Fsp3) is 0.500. The molecule has 0 nitrogen and oxygen atoms in total. The Morgan fingerprint density at radius 1 is 1.44 bits per heavy atom. The van der Waals surface area contributed by atoms with Gasteiger partial charge in [0.1, 0.15) is 0 Å². The van der Waals surface area contributed by atoms with E-state index in [0.29, 0.717) is 6.42 Å². The fourth-order valence-electron chi connectivity index (χ4n) is 0.293. The molecule has 0 N–H and O–H groups in total.